The van der Waals surface area contributed by atoms with Gasteiger partial charge in [0.1, 0.15) is 5.56 Å². The highest BCUT2D eigenvalue weighted by molar-refractivity contribution is 7.88. The van der Waals surface area contributed by atoms with Crippen molar-refractivity contribution in [3.05, 3.63) is 33.6 Å². The van der Waals surface area contributed by atoms with Gasteiger partial charge in [0.05, 0.1) is 11.0 Å². The molecule has 13 heteroatoms. The molecular formula is C8H3F4NO7S. The molecular weight excluding hydrogens is 330 g/mol. The average Bonchev–Trinajstić information content (AvgIpc) is 2.28. The smallest absolute Gasteiger partial charge is 0.478 e. The first-order chi connectivity index (χ1) is 9.36. The van der Waals surface area contributed by atoms with Crippen molar-refractivity contribution in [1.82, 2.24) is 0 Å². The fourth-order valence-electron chi connectivity index (χ4n) is 1.09. The lowest BCUT2D eigenvalue weighted by molar-refractivity contribution is -0.385. The van der Waals surface area contributed by atoms with Crippen molar-refractivity contribution in [2.24, 2.45) is 0 Å². The highest BCUT2D eigenvalue weighted by Crippen LogP contribution is 2.33. The van der Waals surface area contributed by atoms with E-state index in [0.29, 0.717) is 0 Å². The molecule has 0 atom stereocenters. The number of aromatic carboxylic acids is 1. The van der Waals surface area contributed by atoms with Gasteiger partial charge in [-0.05, 0) is 0 Å². The van der Waals surface area contributed by atoms with Gasteiger partial charge in [0.15, 0.2) is 11.6 Å². The number of benzene rings is 1. The van der Waals surface area contributed by atoms with Crippen LogP contribution < -0.4 is 4.18 Å². The zero-order chi connectivity index (χ0) is 16.6. The number of hydrogen-bond acceptors (Lipinski definition) is 6. The third-order valence-corrected chi connectivity index (χ3v) is 2.90. The molecule has 0 heterocycles. The number of non-ortho nitro benzene ring substituents is 1. The maximum Gasteiger partial charge on any atom is 0.534 e. The minimum absolute atomic E-state index is 0.0215. The van der Waals surface area contributed by atoms with E-state index in [1.54, 1.807) is 0 Å². The van der Waals surface area contributed by atoms with Gasteiger partial charge in [-0.25, -0.2) is 9.18 Å². The second-order valence-corrected chi connectivity index (χ2v) is 4.89. The molecule has 21 heavy (non-hydrogen) atoms. The van der Waals surface area contributed by atoms with Gasteiger partial charge in [0, 0.05) is 6.07 Å². The molecule has 0 saturated heterocycles. The number of nitro benzene ring substituents is 1. The van der Waals surface area contributed by atoms with Crippen molar-refractivity contribution in [3.8, 4) is 5.75 Å². The van der Waals surface area contributed by atoms with Crippen molar-refractivity contribution in [3.63, 3.8) is 0 Å². The Bertz CT molecular complexity index is 712. The van der Waals surface area contributed by atoms with Crippen molar-refractivity contribution >= 4 is 21.8 Å². The lowest BCUT2D eigenvalue weighted by Gasteiger charge is -2.11. The van der Waals surface area contributed by atoms with Gasteiger partial charge in [-0.2, -0.15) is 21.6 Å². The lowest BCUT2D eigenvalue weighted by Crippen LogP contribution is -2.29. The summed E-state index contributed by atoms with van der Waals surface area (Å²) < 4.78 is 74.6. The summed E-state index contributed by atoms with van der Waals surface area (Å²) in [5, 5.41) is 19.0. The van der Waals surface area contributed by atoms with Crippen LogP contribution in [-0.4, -0.2) is 29.9 Å². The van der Waals surface area contributed by atoms with Gasteiger partial charge >= 0.3 is 21.6 Å². The molecule has 116 valence electrons. The SMILES string of the molecule is O=C(O)c1cc([N+](=O)[O-])cc(F)c1OS(=O)(=O)C(F)(F)F. The molecule has 0 unspecified atom stereocenters. The highest BCUT2D eigenvalue weighted by Gasteiger charge is 2.49. The normalized spacial score (nSPS) is 12.0. The maximum absolute atomic E-state index is 13.4. The van der Waals surface area contributed by atoms with E-state index in [0.717, 1.165) is 0 Å². The predicted molar refractivity (Wildman–Crippen MR) is 55.6 cm³/mol. The van der Waals surface area contributed by atoms with Crippen LogP contribution in [0, 0.1) is 15.9 Å². The number of nitro groups is 1. The topological polar surface area (TPSA) is 124 Å². The molecule has 0 aliphatic heterocycles. The number of alkyl halides is 3. The van der Waals surface area contributed by atoms with Crippen LogP contribution in [0.5, 0.6) is 5.75 Å². The van der Waals surface area contributed by atoms with Crippen molar-refractivity contribution in [1.29, 1.82) is 0 Å². The highest BCUT2D eigenvalue weighted by atomic mass is 32.2. The van der Waals surface area contributed by atoms with E-state index >= 15 is 0 Å². The molecule has 1 rings (SSSR count). The summed E-state index contributed by atoms with van der Waals surface area (Å²) >= 11 is 0. The van der Waals surface area contributed by atoms with Crippen LogP contribution in [-0.2, 0) is 10.1 Å². The number of nitrogens with zero attached hydrogens (tertiary/aromatic N) is 1. The molecule has 1 aromatic carbocycles. The molecule has 0 spiro atoms. The summed E-state index contributed by atoms with van der Waals surface area (Å²) in [7, 11) is -6.34. The first kappa shape index (κ1) is 16.6. The summed E-state index contributed by atoms with van der Waals surface area (Å²) in [5.74, 6) is -5.87. The maximum atomic E-state index is 13.4. The molecule has 0 amide bonds. The third-order valence-electron chi connectivity index (χ3n) is 1.95. The molecule has 8 nitrogen and oxygen atoms in total. The summed E-state index contributed by atoms with van der Waals surface area (Å²) in [6.07, 6.45) is 0. The first-order valence-electron chi connectivity index (χ1n) is 4.59. The molecule has 0 aliphatic rings. The standard InChI is InChI=1S/C8H3F4NO7S/c9-5-2-3(13(16)17)1-4(7(14)15)6(5)20-21(18,19)8(10,11)12/h1-2H,(H,14,15). The number of hydrogen-bond donors (Lipinski definition) is 1. The fraction of sp³-hybridized carbons (Fsp3) is 0.125. The predicted octanol–water partition coefficient (Wildman–Crippen LogP) is 1.66. The Balaban J connectivity index is 3.51. The Kier molecular flexibility index (Phi) is 4.08. The van der Waals surface area contributed by atoms with Crippen LogP contribution in [0.1, 0.15) is 10.4 Å². The number of rotatable bonds is 4. The summed E-state index contributed by atoms with van der Waals surface area (Å²) in [5.41, 5.74) is -8.49. The molecule has 0 bridgehead atoms. The fourth-order valence-corrected chi connectivity index (χ4v) is 1.57. The van der Waals surface area contributed by atoms with E-state index in [4.69, 9.17) is 5.11 Å². The minimum Gasteiger partial charge on any atom is -0.478 e. The van der Waals surface area contributed by atoms with Crippen LogP contribution >= 0.6 is 0 Å². The quantitative estimate of drug-likeness (QED) is 0.292. The summed E-state index contributed by atoms with van der Waals surface area (Å²) in [6.45, 7) is 0. The largest absolute Gasteiger partial charge is 0.534 e. The van der Waals surface area contributed by atoms with E-state index in [2.05, 4.69) is 4.18 Å². The molecule has 1 N–H and O–H groups in total. The summed E-state index contributed by atoms with van der Waals surface area (Å²) in [4.78, 5) is 19.9. The third kappa shape index (κ3) is 3.36. The monoisotopic (exact) mass is 333 g/mol. The van der Waals surface area contributed by atoms with Gasteiger partial charge < -0.3 is 9.29 Å². The summed E-state index contributed by atoms with van der Waals surface area (Å²) in [6, 6.07) is 0.181. The van der Waals surface area contributed by atoms with Gasteiger partial charge in [0.2, 0.25) is 0 Å². The van der Waals surface area contributed by atoms with Gasteiger partial charge in [-0.3, -0.25) is 10.1 Å². The minimum atomic E-state index is -6.34. The Morgan fingerprint density at radius 1 is 1.33 bits per heavy atom. The van der Waals surface area contributed by atoms with Crippen molar-refractivity contribution in [2.45, 2.75) is 5.51 Å². The van der Waals surface area contributed by atoms with Crippen molar-refractivity contribution < 1.29 is 45.0 Å². The molecule has 0 saturated carbocycles. The lowest BCUT2D eigenvalue weighted by atomic mass is 10.1. The molecule has 0 aromatic heterocycles. The Morgan fingerprint density at radius 3 is 2.24 bits per heavy atom. The van der Waals surface area contributed by atoms with E-state index < -0.39 is 49.3 Å². The van der Waals surface area contributed by atoms with E-state index in [1.807, 2.05) is 0 Å². The van der Waals surface area contributed by atoms with Gasteiger partial charge in [-0.1, -0.05) is 0 Å². The van der Waals surface area contributed by atoms with Crippen molar-refractivity contribution in [2.75, 3.05) is 0 Å². The number of carbonyl (C=O) groups is 1. The first-order valence-corrected chi connectivity index (χ1v) is 5.99. The Hall–Kier alpha value is -2.44. The number of halogens is 4. The van der Waals surface area contributed by atoms with E-state index in [1.165, 1.54) is 0 Å². The Morgan fingerprint density at radius 2 is 1.86 bits per heavy atom. The van der Waals surface area contributed by atoms with Crippen LogP contribution in [0.3, 0.4) is 0 Å². The molecule has 1 aromatic rings. The number of carboxylic acids is 1. The van der Waals surface area contributed by atoms with Gasteiger partial charge in [-0.15, -0.1) is 0 Å². The van der Waals surface area contributed by atoms with Crippen LogP contribution in [0.25, 0.3) is 0 Å². The van der Waals surface area contributed by atoms with Crippen LogP contribution in [0.4, 0.5) is 23.2 Å². The number of carboxylic acid groups (broad SMARTS) is 1. The second-order valence-electron chi connectivity index (χ2n) is 3.35. The average molecular weight is 333 g/mol. The second kappa shape index (κ2) is 5.16. The molecule has 0 aliphatic carbocycles. The molecule has 0 fully saturated rings. The van der Waals surface area contributed by atoms with Crippen LogP contribution in [0.2, 0.25) is 0 Å². The van der Waals surface area contributed by atoms with E-state index in [9.17, 15) is 40.9 Å². The van der Waals surface area contributed by atoms with E-state index in [-0.39, 0.29) is 12.1 Å². The van der Waals surface area contributed by atoms with Gasteiger partial charge in [0.25, 0.3) is 5.69 Å². The van der Waals surface area contributed by atoms with Crippen LogP contribution in [0.15, 0.2) is 12.1 Å². The molecule has 0 radical (unpaired) electrons. The zero-order valence-electron chi connectivity index (χ0n) is 9.42. The zero-order valence-corrected chi connectivity index (χ0v) is 10.2. The Labute approximate surface area is 112 Å².